The molecule has 94 valence electrons. The van der Waals surface area contributed by atoms with Gasteiger partial charge in [0.2, 0.25) is 0 Å². The van der Waals surface area contributed by atoms with Gasteiger partial charge < -0.3 is 10.1 Å². The summed E-state index contributed by atoms with van der Waals surface area (Å²) in [5.41, 5.74) is 2.27. The molecular formula is C14H11N3O2. The summed E-state index contributed by atoms with van der Waals surface area (Å²) in [6, 6.07) is 13.0. The van der Waals surface area contributed by atoms with E-state index in [9.17, 15) is 10.1 Å². The van der Waals surface area contributed by atoms with Gasteiger partial charge in [-0.25, -0.2) is 4.98 Å². The molecular weight excluding hydrogens is 242 g/mol. The highest BCUT2D eigenvalue weighted by molar-refractivity contribution is 5.87. The predicted octanol–water partition coefficient (Wildman–Crippen LogP) is 3.06. The molecule has 0 bridgehead atoms. The van der Waals surface area contributed by atoms with E-state index >= 15 is 0 Å². The van der Waals surface area contributed by atoms with E-state index in [1.54, 1.807) is 6.20 Å². The van der Waals surface area contributed by atoms with Crippen LogP contribution in [0.15, 0.2) is 48.7 Å². The van der Waals surface area contributed by atoms with Crippen LogP contribution in [-0.2, 0) is 6.42 Å². The predicted molar refractivity (Wildman–Crippen MR) is 72.0 cm³/mol. The summed E-state index contributed by atoms with van der Waals surface area (Å²) < 4.78 is 0. The Kier molecular flexibility index (Phi) is 2.72. The van der Waals surface area contributed by atoms with Crippen LogP contribution in [0.2, 0.25) is 0 Å². The third-order valence-corrected chi connectivity index (χ3v) is 3.06. The highest BCUT2D eigenvalue weighted by atomic mass is 16.6. The van der Waals surface area contributed by atoms with E-state index in [1.807, 2.05) is 42.5 Å². The molecule has 0 aliphatic carbocycles. The minimum Gasteiger partial charge on any atom is -0.358 e. The summed E-state index contributed by atoms with van der Waals surface area (Å²) in [6.45, 7) is 0. The summed E-state index contributed by atoms with van der Waals surface area (Å²) in [7, 11) is 0. The van der Waals surface area contributed by atoms with Gasteiger partial charge >= 0.3 is 5.82 Å². The molecule has 0 fully saturated rings. The Balaban J connectivity index is 2.15. The standard InChI is InChI=1S/C14H11N3O2/c18-17(19)14-12(9-10-5-3-4-8-15-10)11-6-1-2-7-13(11)16-14/h1-8,16H,9H2. The Labute approximate surface area is 109 Å². The Bertz CT molecular complexity index is 735. The molecule has 5 nitrogen and oxygen atoms in total. The maximum Gasteiger partial charge on any atom is 0.325 e. The van der Waals surface area contributed by atoms with Crippen LogP contribution in [0.1, 0.15) is 11.3 Å². The average molecular weight is 253 g/mol. The van der Waals surface area contributed by atoms with Gasteiger partial charge in [0.05, 0.1) is 5.56 Å². The minimum atomic E-state index is -0.377. The van der Waals surface area contributed by atoms with Crippen molar-refractivity contribution < 1.29 is 4.92 Å². The molecule has 0 aliphatic heterocycles. The fourth-order valence-electron chi connectivity index (χ4n) is 2.20. The normalized spacial score (nSPS) is 10.7. The van der Waals surface area contributed by atoms with Gasteiger partial charge in [-0.3, -0.25) is 4.98 Å². The maximum atomic E-state index is 11.1. The first-order valence-corrected chi connectivity index (χ1v) is 5.89. The van der Waals surface area contributed by atoms with Crippen molar-refractivity contribution in [3.8, 4) is 0 Å². The molecule has 2 heterocycles. The molecule has 0 saturated heterocycles. The van der Waals surface area contributed by atoms with Crippen LogP contribution in [-0.4, -0.2) is 14.9 Å². The number of nitro groups is 1. The van der Waals surface area contributed by atoms with Crippen molar-refractivity contribution in [2.45, 2.75) is 6.42 Å². The number of H-pyrrole nitrogens is 1. The zero-order chi connectivity index (χ0) is 13.2. The molecule has 5 heteroatoms. The van der Waals surface area contributed by atoms with Crippen molar-refractivity contribution >= 4 is 16.7 Å². The van der Waals surface area contributed by atoms with Gasteiger partial charge in [-0.05, 0) is 23.1 Å². The SMILES string of the molecule is O=[N+]([O-])c1[nH]c2ccccc2c1Cc1ccccn1. The number of para-hydroxylation sites is 1. The summed E-state index contributed by atoms with van der Waals surface area (Å²) in [4.78, 5) is 17.8. The lowest BCUT2D eigenvalue weighted by Gasteiger charge is -2.00. The van der Waals surface area contributed by atoms with E-state index < -0.39 is 0 Å². The Morgan fingerprint density at radius 1 is 1.16 bits per heavy atom. The lowest BCUT2D eigenvalue weighted by Crippen LogP contribution is -1.96. The summed E-state index contributed by atoms with van der Waals surface area (Å²) in [5.74, 6) is 0.0480. The molecule has 0 atom stereocenters. The Morgan fingerprint density at radius 2 is 1.95 bits per heavy atom. The molecule has 1 aromatic carbocycles. The van der Waals surface area contributed by atoms with Crippen LogP contribution >= 0.6 is 0 Å². The fourth-order valence-corrected chi connectivity index (χ4v) is 2.20. The van der Waals surface area contributed by atoms with E-state index in [4.69, 9.17) is 0 Å². The van der Waals surface area contributed by atoms with Crippen molar-refractivity contribution in [2.75, 3.05) is 0 Å². The summed E-state index contributed by atoms with van der Waals surface area (Å²) >= 11 is 0. The second-order valence-electron chi connectivity index (χ2n) is 4.25. The molecule has 0 saturated carbocycles. The van der Waals surface area contributed by atoms with Crippen molar-refractivity contribution in [3.63, 3.8) is 0 Å². The lowest BCUT2D eigenvalue weighted by atomic mass is 10.1. The van der Waals surface area contributed by atoms with Gasteiger partial charge in [-0.1, -0.05) is 24.3 Å². The zero-order valence-corrected chi connectivity index (χ0v) is 10.0. The number of aromatic amines is 1. The van der Waals surface area contributed by atoms with Gasteiger partial charge in [0, 0.05) is 23.7 Å². The number of aromatic nitrogens is 2. The second kappa shape index (κ2) is 4.53. The smallest absolute Gasteiger partial charge is 0.325 e. The van der Waals surface area contributed by atoms with Crippen LogP contribution in [0.5, 0.6) is 0 Å². The van der Waals surface area contributed by atoms with E-state index in [1.165, 1.54) is 0 Å². The maximum absolute atomic E-state index is 11.1. The van der Waals surface area contributed by atoms with Crippen LogP contribution < -0.4 is 0 Å². The number of fused-ring (bicyclic) bond motifs is 1. The zero-order valence-electron chi connectivity index (χ0n) is 10.0. The van der Waals surface area contributed by atoms with E-state index in [-0.39, 0.29) is 10.7 Å². The number of hydrogen-bond donors (Lipinski definition) is 1. The number of hydrogen-bond acceptors (Lipinski definition) is 3. The number of benzene rings is 1. The van der Waals surface area contributed by atoms with Crippen LogP contribution in [0.3, 0.4) is 0 Å². The number of pyridine rings is 1. The van der Waals surface area contributed by atoms with Crippen LogP contribution in [0.25, 0.3) is 10.9 Å². The molecule has 0 amide bonds. The molecule has 2 aromatic heterocycles. The average Bonchev–Trinajstić information content (AvgIpc) is 2.79. The van der Waals surface area contributed by atoms with Gasteiger partial charge in [0.1, 0.15) is 5.52 Å². The molecule has 0 radical (unpaired) electrons. The Morgan fingerprint density at radius 3 is 2.68 bits per heavy atom. The quantitative estimate of drug-likeness (QED) is 0.576. The molecule has 1 N–H and O–H groups in total. The van der Waals surface area contributed by atoms with E-state index in [0.717, 1.165) is 16.6 Å². The third-order valence-electron chi connectivity index (χ3n) is 3.06. The first kappa shape index (κ1) is 11.4. The third kappa shape index (κ3) is 2.06. The Hall–Kier alpha value is -2.69. The fraction of sp³-hybridized carbons (Fsp3) is 0.0714. The summed E-state index contributed by atoms with van der Waals surface area (Å²) in [6.07, 6.45) is 2.14. The molecule has 0 aliphatic rings. The van der Waals surface area contributed by atoms with Crippen molar-refractivity contribution in [3.05, 3.63) is 70.0 Å². The molecule has 0 spiro atoms. The van der Waals surface area contributed by atoms with Gasteiger partial charge in [-0.2, -0.15) is 0 Å². The van der Waals surface area contributed by atoms with Crippen LogP contribution in [0.4, 0.5) is 5.82 Å². The largest absolute Gasteiger partial charge is 0.358 e. The molecule has 3 aromatic rings. The van der Waals surface area contributed by atoms with Crippen molar-refractivity contribution in [1.82, 2.24) is 9.97 Å². The number of nitrogens with zero attached hydrogens (tertiary/aromatic N) is 2. The molecule has 0 unspecified atom stereocenters. The second-order valence-corrected chi connectivity index (χ2v) is 4.25. The van der Waals surface area contributed by atoms with Crippen LogP contribution in [0, 0.1) is 10.1 Å². The van der Waals surface area contributed by atoms with Gasteiger partial charge in [-0.15, -0.1) is 0 Å². The lowest BCUT2D eigenvalue weighted by molar-refractivity contribution is -0.389. The topological polar surface area (TPSA) is 71.8 Å². The number of nitrogens with one attached hydrogen (secondary N) is 1. The van der Waals surface area contributed by atoms with Gasteiger partial charge in [0.15, 0.2) is 0 Å². The van der Waals surface area contributed by atoms with Gasteiger partial charge in [0.25, 0.3) is 0 Å². The summed E-state index contributed by atoms with van der Waals surface area (Å²) in [5, 5.41) is 12.0. The first-order chi connectivity index (χ1) is 9.25. The highest BCUT2D eigenvalue weighted by Gasteiger charge is 2.20. The number of rotatable bonds is 3. The molecule has 3 rings (SSSR count). The van der Waals surface area contributed by atoms with Crippen molar-refractivity contribution in [2.24, 2.45) is 0 Å². The van der Waals surface area contributed by atoms with Crippen molar-refractivity contribution in [1.29, 1.82) is 0 Å². The highest BCUT2D eigenvalue weighted by Crippen LogP contribution is 2.29. The van der Waals surface area contributed by atoms with E-state index in [0.29, 0.717) is 12.0 Å². The van der Waals surface area contributed by atoms with E-state index in [2.05, 4.69) is 9.97 Å². The monoisotopic (exact) mass is 253 g/mol. The first-order valence-electron chi connectivity index (χ1n) is 5.89. The molecule has 19 heavy (non-hydrogen) atoms. The minimum absolute atomic E-state index is 0.0480.